The van der Waals surface area contributed by atoms with Crippen LogP contribution in [-0.4, -0.2) is 54.5 Å². The first-order chi connectivity index (χ1) is 12.0. The second-order valence-corrected chi connectivity index (χ2v) is 5.91. The third-order valence-corrected chi connectivity index (χ3v) is 3.70. The fraction of sp³-hybridized carbons (Fsp3) is 0.444. The van der Waals surface area contributed by atoms with Gasteiger partial charge in [0, 0.05) is 39.4 Å². The first kappa shape index (κ1) is 18.6. The Hall–Kier alpha value is -2.70. The van der Waals surface area contributed by atoms with Crippen molar-refractivity contribution in [2.45, 2.75) is 19.6 Å². The quantitative estimate of drug-likeness (QED) is 0.613. The topological polar surface area (TPSA) is 63.9 Å². The molecule has 1 aromatic heterocycles. The van der Waals surface area contributed by atoms with Gasteiger partial charge in [0.15, 0.2) is 5.96 Å². The van der Waals surface area contributed by atoms with Crippen LogP contribution >= 0.6 is 0 Å². The van der Waals surface area contributed by atoms with Crippen molar-refractivity contribution in [1.29, 1.82) is 0 Å². The molecule has 1 unspecified atom stereocenters. The van der Waals surface area contributed by atoms with Crippen LogP contribution in [0.5, 0.6) is 11.5 Å². The third kappa shape index (κ3) is 5.70. The molecule has 0 aliphatic carbocycles. The first-order valence-corrected chi connectivity index (χ1v) is 8.22. The van der Waals surface area contributed by atoms with Gasteiger partial charge in [0.05, 0.1) is 19.9 Å². The number of nitrogens with zero attached hydrogens (tertiary/aromatic N) is 4. The molecule has 0 amide bonds. The summed E-state index contributed by atoms with van der Waals surface area (Å²) >= 11 is 0. The molecule has 0 radical (unpaired) electrons. The van der Waals surface area contributed by atoms with Gasteiger partial charge in [-0.3, -0.25) is 9.67 Å². The maximum atomic E-state index is 5.91. The van der Waals surface area contributed by atoms with Crippen LogP contribution in [0.2, 0.25) is 0 Å². The predicted molar refractivity (Wildman–Crippen MR) is 99.1 cm³/mol. The van der Waals surface area contributed by atoms with Gasteiger partial charge >= 0.3 is 0 Å². The van der Waals surface area contributed by atoms with E-state index in [1.807, 2.05) is 57.7 Å². The van der Waals surface area contributed by atoms with Gasteiger partial charge in [0.1, 0.15) is 17.6 Å². The Kier molecular flexibility index (Phi) is 6.68. The monoisotopic (exact) mass is 345 g/mol. The van der Waals surface area contributed by atoms with Gasteiger partial charge in [-0.15, -0.1) is 0 Å². The van der Waals surface area contributed by atoms with Gasteiger partial charge in [-0.2, -0.15) is 5.10 Å². The summed E-state index contributed by atoms with van der Waals surface area (Å²) in [4.78, 5) is 6.38. The summed E-state index contributed by atoms with van der Waals surface area (Å²) in [7, 11) is 7.33. The zero-order chi connectivity index (χ0) is 18.2. The van der Waals surface area contributed by atoms with Crippen molar-refractivity contribution in [1.82, 2.24) is 20.0 Å². The highest BCUT2D eigenvalue weighted by molar-refractivity contribution is 5.79. The molecule has 0 spiro atoms. The molecule has 1 N–H and O–H groups in total. The predicted octanol–water partition coefficient (Wildman–Crippen LogP) is 1.90. The Balaban J connectivity index is 1.82. The zero-order valence-corrected chi connectivity index (χ0v) is 15.6. The number of hydrogen-bond acceptors (Lipinski definition) is 4. The fourth-order valence-electron chi connectivity index (χ4n) is 2.45. The van der Waals surface area contributed by atoms with Crippen LogP contribution < -0.4 is 14.8 Å². The van der Waals surface area contributed by atoms with Crippen LogP contribution in [-0.2, 0) is 13.6 Å². The molecule has 2 rings (SSSR count). The molecule has 0 saturated carbocycles. The molecular formula is C18H27N5O2. The number of aliphatic imine (C=N–C) groups is 1. The third-order valence-electron chi connectivity index (χ3n) is 3.70. The Morgan fingerprint density at radius 1 is 1.32 bits per heavy atom. The number of methoxy groups -OCH3 is 1. The molecule has 0 aliphatic heterocycles. The largest absolute Gasteiger partial charge is 0.497 e. The second-order valence-electron chi connectivity index (χ2n) is 5.91. The van der Waals surface area contributed by atoms with Crippen LogP contribution in [0, 0.1) is 0 Å². The highest BCUT2D eigenvalue weighted by Crippen LogP contribution is 2.18. The van der Waals surface area contributed by atoms with Gasteiger partial charge < -0.3 is 19.7 Å². The zero-order valence-electron chi connectivity index (χ0n) is 15.6. The Labute approximate surface area is 149 Å². The van der Waals surface area contributed by atoms with E-state index in [9.17, 15) is 0 Å². The Bertz CT molecular complexity index is 681. The van der Waals surface area contributed by atoms with Crippen molar-refractivity contribution < 1.29 is 9.47 Å². The lowest BCUT2D eigenvalue weighted by molar-refractivity contribution is 0.222. The van der Waals surface area contributed by atoms with Gasteiger partial charge in [-0.05, 0) is 31.2 Å². The molecular weight excluding hydrogens is 318 g/mol. The van der Waals surface area contributed by atoms with Gasteiger partial charge in [-0.25, -0.2) is 0 Å². The number of nitrogens with one attached hydrogen (secondary N) is 1. The van der Waals surface area contributed by atoms with Crippen molar-refractivity contribution in [3.63, 3.8) is 0 Å². The van der Waals surface area contributed by atoms with Crippen molar-refractivity contribution in [3.05, 3.63) is 42.2 Å². The summed E-state index contributed by atoms with van der Waals surface area (Å²) in [6.45, 7) is 3.41. The molecule has 0 saturated heterocycles. The lowest BCUT2D eigenvalue weighted by Gasteiger charge is -2.23. The molecule has 0 aliphatic rings. The van der Waals surface area contributed by atoms with Crippen LogP contribution in [0.4, 0.5) is 0 Å². The molecule has 25 heavy (non-hydrogen) atoms. The SMILES string of the molecule is CN=C(NCC(C)Oc1ccc(OC)cc1)N(C)Cc1cnn(C)c1. The number of hydrogen-bond donors (Lipinski definition) is 1. The van der Waals surface area contributed by atoms with Gasteiger partial charge in [0.25, 0.3) is 0 Å². The normalized spacial score (nSPS) is 12.6. The average Bonchev–Trinajstić information content (AvgIpc) is 3.01. The van der Waals surface area contributed by atoms with Crippen molar-refractivity contribution in [3.8, 4) is 11.5 Å². The number of guanidine groups is 1. The van der Waals surface area contributed by atoms with Gasteiger partial charge in [0.2, 0.25) is 0 Å². The Morgan fingerprint density at radius 3 is 2.56 bits per heavy atom. The number of aryl methyl sites for hydroxylation is 1. The average molecular weight is 345 g/mol. The molecule has 136 valence electrons. The number of ether oxygens (including phenoxy) is 2. The molecule has 0 fully saturated rings. The van der Waals surface area contributed by atoms with E-state index in [0.717, 1.165) is 29.6 Å². The van der Waals surface area contributed by atoms with Crippen molar-refractivity contribution in [2.75, 3.05) is 27.7 Å². The van der Waals surface area contributed by atoms with E-state index in [4.69, 9.17) is 9.47 Å². The fourth-order valence-corrected chi connectivity index (χ4v) is 2.45. The maximum absolute atomic E-state index is 5.91. The van der Waals surface area contributed by atoms with Crippen molar-refractivity contribution in [2.24, 2.45) is 12.0 Å². The number of rotatable bonds is 7. The minimum Gasteiger partial charge on any atom is -0.497 e. The van der Waals surface area contributed by atoms with E-state index in [2.05, 4.69) is 20.3 Å². The van der Waals surface area contributed by atoms with Crippen LogP contribution in [0.25, 0.3) is 0 Å². The molecule has 1 heterocycles. The van der Waals surface area contributed by atoms with Crippen LogP contribution in [0.3, 0.4) is 0 Å². The molecule has 7 nitrogen and oxygen atoms in total. The lowest BCUT2D eigenvalue weighted by atomic mass is 10.3. The summed E-state index contributed by atoms with van der Waals surface area (Å²) in [5.74, 6) is 2.44. The first-order valence-electron chi connectivity index (χ1n) is 8.22. The van der Waals surface area contributed by atoms with E-state index in [-0.39, 0.29) is 6.10 Å². The second kappa shape index (κ2) is 8.96. The summed E-state index contributed by atoms with van der Waals surface area (Å²) in [6, 6.07) is 7.57. The van der Waals surface area contributed by atoms with E-state index >= 15 is 0 Å². The smallest absolute Gasteiger partial charge is 0.193 e. The minimum absolute atomic E-state index is 0.00284. The summed E-state index contributed by atoms with van der Waals surface area (Å²) < 4.78 is 12.9. The maximum Gasteiger partial charge on any atom is 0.193 e. The Morgan fingerprint density at radius 2 is 2.00 bits per heavy atom. The molecule has 1 atom stereocenters. The highest BCUT2D eigenvalue weighted by atomic mass is 16.5. The highest BCUT2D eigenvalue weighted by Gasteiger charge is 2.10. The lowest BCUT2D eigenvalue weighted by Crippen LogP contribution is -2.42. The molecule has 1 aromatic carbocycles. The van der Waals surface area contributed by atoms with Crippen LogP contribution in [0.15, 0.2) is 41.7 Å². The van der Waals surface area contributed by atoms with E-state index < -0.39 is 0 Å². The van der Waals surface area contributed by atoms with E-state index in [1.165, 1.54) is 0 Å². The summed E-state index contributed by atoms with van der Waals surface area (Å²) in [5.41, 5.74) is 1.13. The van der Waals surface area contributed by atoms with Crippen LogP contribution in [0.1, 0.15) is 12.5 Å². The van der Waals surface area contributed by atoms with E-state index in [1.54, 1.807) is 18.8 Å². The van der Waals surface area contributed by atoms with E-state index in [0.29, 0.717) is 6.54 Å². The summed E-state index contributed by atoms with van der Waals surface area (Å²) in [6.07, 6.45) is 3.86. The number of benzene rings is 1. The van der Waals surface area contributed by atoms with Crippen molar-refractivity contribution >= 4 is 5.96 Å². The molecule has 2 aromatic rings. The standard InChI is InChI=1S/C18H27N5O2/c1-14(25-17-8-6-16(24-5)7-9-17)10-20-18(19-2)22(3)12-15-11-21-23(4)13-15/h6-9,11,13-14H,10,12H2,1-5H3,(H,19,20). The summed E-state index contributed by atoms with van der Waals surface area (Å²) in [5, 5.41) is 7.53. The minimum atomic E-state index is -0.00284. The van der Waals surface area contributed by atoms with Gasteiger partial charge in [-0.1, -0.05) is 0 Å². The number of aromatic nitrogens is 2. The molecule has 7 heteroatoms. The molecule has 0 bridgehead atoms.